The van der Waals surface area contributed by atoms with E-state index in [2.05, 4.69) is 46.5 Å². The van der Waals surface area contributed by atoms with Gasteiger partial charge in [-0.15, -0.1) is 11.3 Å². The molecule has 1 aromatic carbocycles. The minimum atomic E-state index is -5.08. The molecule has 6 nitrogen and oxygen atoms in total. The van der Waals surface area contributed by atoms with Gasteiger partial charge in [0.05, 0.1) is 13.0 Å². The summed E-state index contributed by atoms with van der Waals surface area (Å²) < 4.78 is 38.5. The number of hydrogen-bond acceptors (Lipinski definition) is 5. The summed E-state index contributed by atoms with van der Waals surface area (Å²) in [6.07, 6.45) is -2.36. The van der Waals surface area contributed by atoms with Crippen molar-refractivity contribution in [3.63, 3.8) is 0 Å². The van der Waals surface area contributed by atoms with Crippen LogP contribution in [0, 0.1) is 11.3 Å². The maximum Gasteiger partial charge on any atom is 0.490 e. The molecule has 1 N–H and O–H groups in total. The fourth-order valence-corrected chi connectivity index (χ4v) is 5.91. The Morgan fingerprint density at radius 1 is 1.24 bits per heavy atom. The van der Waals surface area contributed by atoms with Gasteiger partial charge in [-0.25, -0.2) is 4.79 Å². The van der Waals surface area contributed by atoms with Gasteiger partial charge in [0, 0.05) is 43.9 Å². The number of amides is 1. The molecule has 1 aromatic heterocycles. The van der Waals surface area contributed by atoms with Crippen molar-refractivity contribution >= 4 is 33.3 Å². The van der Waals surface area contributed by atoms with Crippen molar-refractivity contribution in [2.75, 3.05) is 46.9 Å². The molecular formula is C23H29F3N2O4S. The molecule has 2 aromatic rings. The second-order valence-electron chi connectivity index (χ2n) is 8.83. The number of likely N-dealkylation sites (tertiary alicyclic amines) is 2. The Labute approximate surface area is 194 Å². The fraction of sp³-hybridized carbons (Fsp3) is 0.565. The van der Waals surface area contributed by atoms with E-state index >= 15 is 0 Å². The maximum absolute atomic E-state index is 12.9. The van der Waals surface area contributed by atoms with E-state index in [4.69, 9.17) is 14.6 Å². The summed E-state index contributed by atoms with van der Waals surface area (Å²) in [7, 11) is 4.01. The van der Waals surface area contributed by atoms with Gasteiger partial charge < -0.3 is 19.6 Å². The van der Waals surface area contributed by atoms with Gasteiger partial charge in [-0.05, 0) is 47.7 Å². The number of carboxylic acids is 1. The Morgan fingerprint density at radius 2 is 1.88 bits per heavy atom. The Hall–Kier alpha value is -2.17. The highest BCUT2D eigenvalue weighted by Gasteiger charge is 2.47. The van der Waals surface area contributed by atoms with Crippen molar-refractivity contribution < 1.29 is 32.6 Å². The number of rotatable bonds is 4. The molecule has 2 aliphatic heterocycles. The Bertz CT molecular complexity index is 970. The monoisotopic (exact) mass is 486 g/mol. The smallest absolute Gasteiger partial charge is 0.475 e. The van der Waals surface area contributed by atoms with Crippen molar-refractivity contribution in [3.8, 4) is 0 Å². The first-order valence-corrected chi connectivity index (χ1v) is 11.6. The van der Waals surface area contributed by atoms with Crippen LogP contribution in [0.25, 0.3) is 10.1 Å². The third kappa shape index (κ3) is 6.04. The van der Waals surface area contributed by atoms with E-state index in [1.165, 1.54) is 15.6 Å². The highest BCUT2D eigenvalue weighted by molar-refractivity contribution is 7.17. The molecule has 0 radical (unpaired) electrons. The zero-order valence-electron chi connectivity index (χ0n) is 18.7. The number of benzene rings is 1. The van der Waals surface area contributed by atoms with E-state index in [0.717, 1.165) is 45.6 Å². The van der Waals surface area contributed by atoms with Crippen LogP contribution in [-0.2, 0) is 20.7 Å². The Balaban J connectivity index is 0.000000383. The molecule has 10 heteroatoms. The van der Waals surface area contributed by atoms with Gasteiger partial charge in [0.15, 0.2) is 0 Å². The quantitative estimate of drug-likeness (QED) is 0.710. The number of hydrogen-bond donors (Lipinski definition) is 1. The summed E-state index contributed by atoms with van der Waals surface area (Å²) in [5, 5.41) is 10.5. The summed E-state index contributed by atoms with van der Waals surface area (Å²) in [5.41, 5.74) is 1.50. The molecule has 0 saturated carbocycles. The lowest BCUT2D eigenvalue weighted by molar-refractivity contribution is -0.192. The van der Waals surface area contributed by atoms with Gasteiger partial charge in [0.25, 0.3) is 0 Å². The molecule has 1 atom stereocenters. The summed E-state index contributed by atoms with van der Waals surface area (Å²) >= 11 is 1.73. The highest BCUT2D eigenvalue weighted by atomic mass is 32.1. The highest BCUT2D eigenvalue weighted by Crippen LogP contribution is 2.44. The predicted molar refractivity (Wildman–Crippen MR) is 120 cm³/mol. The van der Waals surface area contributed by atoms with Gasteiger partial charge >= 0.3 is 12.1 Å². The standard InChI is InChI=1S/C21H28N2O2S.C2HF3O2/c1-22-12-17(13-25-2)21(15-22)7-9-23(10-8-21)20(24)11-16-14-26-19-6-4-3-5-18(16)19;3-2(4,5)1(6)7/h3-6,14,17H,7-13,15H2,1-2H3;(H,6,7). The van der Waals surface area contributed by atoms with Crippen molar-refractivity contribution in [3.05, 3.63) is 35.2 Å². The minimum absolute atomic E-state index is 0.276. The molecule has 0 bridgehead atoms. The van der Waals surface area contributed by atoms with Crippen LogP contribution in [0.15, 0.2) is 29.6 Å². The number of carbonyl (C=O) groups is 2. The zero-order chi connectivity index (χ0) is 24.2. The number of alkyl halides is 3. The summed E-state index contributed by atoms with van der Waals surface area (Å²) in [5.74, 6) is -1.89. The van der Waals surface area contributed by atoms with E-state index in [1.54, 1.807) is 18.4 Å². The van der Waals surface area contributed by atoms with E-state index in [-0.39, 0.29) is 5.91 Å². The first-order chi connectivity index (χ1) is 15.6. The lowest BCUT2D eigenvalue weighted by Crippen LogP contribution is -2.47. The second kappa shape index (κ2) is 10.4. The normalized spacial score (nSPS) is 20.6. The average molecular weight is 487 g/mol. The Morgan fingerprint density at radius 3 is 2.48 bits per heavy atom. The van der Waals surface area contributed by atoms with Crippen LogP contribution >= 0.6 is 11.3 Å². The lowest BCUT2D eigenvalue weighted by Gasteiger charge is -2.42. The molecule has 182 valence electrons. The second-order valence-corrected chi connectivity index (χ2v) is 9.74. The number of halogens is 3. The van der Waals surface area contributed by atoms with Gasteiger partial charge in [-0.2, -0.15) is 13.2 Å². The molecular weight excluding hydrogens is 457 g/mol. The fourth-order valence-electron chi connectivity index (χ4n) is 4.94. The SMILES string of the molecule is COCC1CN(C)CC12CCN(C(=O)Cc1csc3ccccc13)CC2.O=C(O)C(F)(F)F. The van der Waals surface area contributed by atoms with Gasteiger partial charge in [-0.3, -0.25) is 4.79 Å². The number of nitrogens with zero attached hydrogens (tertiary/aromatic N) is 2. The molecule has 1 amide bonds. The third-order valence-electron chi connectivity index (χ3n) is 6.61. The molecule has 1 unspecified atom stereocenters. The molecule has 0 aliphatic carbocycles. The lowest BCUT2D eigenvalue weighted by atomic mass is 9.71. The van der Waals surface area contributed by atoms with Crippen LogP contribution in [0.4, 0.5) is 13.2 Å². The number of fused-ring (bicyclic) bond motifs is 1. The van der Waals surface area contributed by atoms with E-state index < -0.39 is 12.1 Å². The molecule has 3 heterocycles. The van der Waals surface area contributed by atoms with E-state index in [0.29, 0.717) is 17.8 Å². The van der Waals surface area contributed by atoms with Crippen LogP contribution in [-0.4, -0.2) is 79.9 Å². The number of piperidine rings is 1. The van der Waals surface area contributed by atoms with E-state index in [9.17, 15) is 18.0 Å². The third-order valence-corrected chi connectivity index (χ3v) is 7.62. The van der Waals surface area contributed by atoms with Gasteiger partial charge in [0.2, 0.25) is 5.91 Å². The first-order valence-electron chi connectivity index (χ1n) is 10.8. The van der Waals surface area contributed by atoms with Crippen LogP contribution in [0.5, 0.6) is 0 Å². The van der Waals surface area contributed by atoms with Crippen molar-refractivity contribution in [1.82, 2.24) is 9.80 Å². The Kier molecular flexibility index (Phi) is 8.02. The summed E-state index contributed by atoms with van der Waals surface area (Å²) in [6, 6.07) is 8.37. The van der Waals surface area contributed by atoms with Crippen LogP contribution < -0.4 is 0 Å². The molecule has 2 fully saturated rings. The number of methoxy groups -OCH3 is 1. The maximum atomic E-state index is 12.9. The number of carbonyl (C=O) groups excluding carboxylic acids is 1. The van der Waals surface area contributed by atoms with E-state index in [1.807, 2.05) is 0 Å². The largest absolute Gasteiger partial charge is 0.490 e. The molecule has 2 aliphatic rings. The average Bonchev–Trinajstić information content (AvgIpc) is 3.29. The number of ether oxygens (including phenoxy) is 1. The molecule has 2 saturated heterocycles. The topological polar surface area (TPSA) is 70.1 Å². The number of aliphatic carboxylic acids is 1. The number of carboxylic acid groups (broad SMARTS) is 1. The van der Waals surface area contributed by atoms with Crippen LogP contribution in [0.3, 0.4) is 0 Å². The molecule has 1 spiro atoms. The molecule has 4 rings (SSSR count). The van der Waals surface area contributed by atoms with Crippen LogP contribution in [0.2, 0.25) is 0 Å². The summed E-state index contributed by atoms with van der Waals surface area (Å²) in [6.45, 7) is 4.85. The van der Waals surface area contributed by atoms with Gasteiger partial charge in [0.1, 0.15) is 0 Å². The van der Waals surface area contributed by atoms with Crippen molar-refractivity contribution in [2.45, 2.75) is 25.4 Å². The predicted octanol–water partition coefficient (Wildman–Crippen LogP) is 3.89. The van der Waals surface area contributed by atoms with Gasteiger partial charge in [-0.1, -0.05) is 18.2 Å². The summed E-state index contributed by atoms with van der Waals surface area (Å²) in [4.78, 5) is 26.3. The minimum Gasteiger partial charge on any atom is -0.475 e. The van der Waals surface area contributed by atoms with Crippen molar-refractivity contribution in [2.24, 2.45) is 11.3 Å². The molecule has 33 heavy (non-hydrogen) atoms. The van der Waals surface area contributed by atoms with Crippen LogP contribution in [0.1, 0.15) is 18.4 Å². The first kappa shape index (κ1) is 25.5. The zero-order valence-corrected chi connectivity index (χ0v) is 19.5. The number of thiophene rings is 1. The van der Waals surface area contributed by atoms with Crippen molar-refractivity contribution in [1.29, 1.82) is 0 Å².